The lowest BCUT2D eigenvalue weighted by Crippen LogP contribution is -2.39. The Labute approximate surface area is 261 Å². The molecule has 10 heteroatoms. The molecule has 1 N–H and O–H groups in total. The number of rotatable bonds is 10. The van der Waals surface area contributed by atoms with Crippen molar-refractivity contribution in [2.24, 2.45) is 0 Å². The summed E-state index contributed by atoms with van der Waals surface area (Å²) in [6, 6.07) is 27.3. The van der Waals surface area contributed by atoms with Crippen LogP contribution in [0.3, 0.4) is 0 Å². The van der Waals surface area contributed by atoms with Gasteiger partial charge in [-0.3, -0.25) is 9.36 Å². The van der Waals surface area contributed by atoms with Crippen LogP contribution in [0.4, 0.5) is 8.78 Å². The second-order valence-corrected chi connectivity index (χ2v) is 11.3. The van der Waals surface area contributed by atoms with Crippen molar-refractivity contribution < 1.29 is 18.3 Å². The smallest absolute Gasteiger partial charge is 0.337 e. The second-order valence-electron chi connectivity index (χ2n) is 10.3. The molecule has 0 radical (unpaired) electrons. The Morgan fingerprint density at radius 1 is 0.733 bits per heavy atom. The van der Waals surface area contributed by atoms with Crippen molar-refractivity contribution in [1.82, 2.24) is 14.5 Å². The minimum atomic E-state index is -0.783. The van der Waals surface area contributed by atoms with Gasteiger partial charge in [0.1, 0.15) is 28.0 Å². The number of aromatic nitrogens is 2. The largest absolute Gasteiger partial charge is 0.497 e. The summed E-state index contributed by atoms with van der Waals surface area (Å²) < 4.78 is 42.8. The fourth-order valence-electron chi connectivity index (χ4n) is 5.28. The van der Waals surface area contributed by atoms with Gasteiger partial charge in [0, 0.05) is 23.5 Å². The standard InChI is InChI=1S/C35H29F2N3O4S/c1-43-25-15-11-23(12-16-25)32-27(20-38-19-22-7-4-3-5-8-22)31-33(41)40(24-13-17-26(44-2)18-14-24)35(42)39(34(31)45-32)21-28-29(36)9-6-10-30(28)37/h3-18,38H,19-21H2,1-2H3. The quantitative estimate of drug-likeness (QED) is 0.188. The molecule has 6 aromatic rings. The molecule has 0 amide bonds. The van der Waals surface area contributed by atoms with Crippen molar-refractivity contribution in [3.8, 4) is 27.6 Å². The van der Waals surface area contributed by atoms with E-state index in [1.54, 1.807) is 31.4 Å². The van der Waals surface area contributed by atoms with Crippen LogP contribution in [0.2, 0.25) is 0 Å². The van der Waals surface area contributed by atoms with Crippen LogP contribution in [0.25, 0.3) is 26.3 Å². The van der Waals surface area contributed by atoms with Gasteiger partial charge in [-0.25, -0.2) is 18.1 Å². The average molecular weight is 626 g/mol. The van der Waals surface area contributed by atoms with Crippen LogP contribution < -0.4 is 26.0 Å². The van der Waals surface area contributed by atoms with Gasteiger partial charge in [-0.2, -0.15) is 0 Å². The molecule has 45 heavy (non-hydrogen) atoms. The van der Waals surface area contributed by atoms with E-state index in [9.17, 15) is 18.4 Å². The van der Waals surface area contributed by atoms with Gasteiger partial charge >= 0.3 is 5.69 Å². The van der Waals surface area contributed by atoms with Crippen LogP contribution in [0.15, 0.2) is 107 Å². The normalized spacial score (nSPS) is 11.2. The summed E-state index contributed by atoms with van der Waals surface area (Å²) in [6.45, 7) is 0.414. The molecular formula is C35H29F2N3O4S. The molecule has 7 nitrogen and oxygen atoms in total. The summed E-state index contributed by atoms with van der Waals surface area (Å²) in [7, 11) is 3.10. The summed E-state index contributed by atoms with van der Waals surface area (Å²) in [4.78, 5) is 29.6. The molecule has 0 saturated heterocycles. The Bertz CT molecular complexity index is 2070. The minimum absolute atomic E-state index is 0.274. The molecule has 0 aliphatic heterocycles. The minimum Gasteiger partial charge on any atom is -0.497 e. The number of hydrogen-bond acceptors (Lipinski definition) is 6. The molecule has 0 bridgehead atoms. The van der Waals surface area contributed by atoms with Crippen LogP contribution in [0.1, 0.15) is 16.7 Å². The van der Waals surface area contributed by atoms with E-state index in [-0.39, 0.29) is 5.56 Å². The van der Waals surface area contributed by atoms with Crippen molar-refractivity contribution in [3.05, 3.63) is 146 Å². The number of methoxy groups -OCH3 is 2. The Balaban J connectivity index is 1.61. The van der Waals surface area contributed by atoms with E-state index in [4.69, 9.17) is 9.47 Å². The highest BCUT2D eigenvalue weighted by Gasteiger charge is 2.25. The molecule has 2 heterocycles. The molecule has 6 rings (SSSR count). The van der Waals surface area contributed by atoms with Gasteiger partial charge in [0.25, 0.3) is 5.56 Å². The van der Waals surface area contributed by atoms with Gasteiger partial charge in [-0.05, 0) is 77.4 Å². The van der Waals surface area contributed by atoms with Crippen LogP contribution in [-0.2, 0) is 19.6 Å². The van der Waals surface area contributed by atoms with Crippen LogP contribution in [0, 0.1) is 11.6 Å². The zero-order valence-electron chi connectivity index (χ0n) is 24.6. The van der Waals surface area contributed by atoms with E-state index in [0.717, 1.165) is 32.7 Å². The molecule has 0 aliphatic carbocycles. The van der Waals surface area contributed by atoms with Gasteiger partial charge in [0.15, 0.2) is 0 Å². The highest BCUT2D eigenvalue weighted by atomic mass is 32.1. The Kier molecular flexibility index (Phi) is 8.59. The Morgan fingerprint density at radius 3 is 1.98 bits per heavy atom. The third-order valence-corrected chi connectivity index (χ3v) is 8.91. The fourth-order valence-corrected chi connectivity index (χ4v) is 6.59. The van der Waals surface area contributed by atoms with E-state index in [1.165, 1.54) is 29.1 Å². The molecule has 0 aliphatic rings. The SMILES string of the molecule is COc1ccc(-c2sc3c(c2CNCc2ccccc2)c(=O)n(-c2ccc(OC)cc2)c(=O)n3Cc2c(F)cccc2F)cc1. The predicted molar refractivity (Wildman–Crippen MR) is 173 cm³/mol. The molecule has 228 valence electrons. The molecule has 0 unspecified atom stereocenters. The van der Waals surface area contributed by atoms with Crippen LogP contribution in [-0.4, -0.2) is 23.4 Å². The fraction of sp³-hybridized carbons (Fsp3) is 0.143. The number of fused-ring (bicyclic) bond motifs is 1. The van der Waals surface area contributed by atoms with Crippen molar-refractivity contribution >= 4 is 21.6 Å². The molecule has 0 saturated carbocycles. The monoisotopic (exact) mass is 625 g/mol. The maximum atomic E-state index is 14.9. The summed E-state index contributed by atoms with van der Waals surface area (Å²) >= 11 is 1.24. The highest BCUT2D eigenvalue weighted by Crippen LogP contribution is 2.38. The molecule has 4 aromatic carbocycles. The number of hydrogen-bond donors (Lipinski definition) is 1. The summed E-state index contributed by atoms with van der Waals surface area (Å²) in [5.41, 5.74) is 1.32. The van der Waals surface area contributed by atoms with E-state index in [2.05, 4.69) is 5.32 Å². The van der Waals surface area contributed by atoms with Gasteiger partial charge in [0.05, 0.1) is 31.8 Å². The molecule has 0 fully saturated rings. The number of thiophene rings is 1. The van der Waals surface area contributed by atoms with Gasteiger partial charge in [0.2, 0.25) is 0 Å². The van der Waals surface area contributed by atoms with E-state index in [1.807, 2.05) is 54.6 Å². The lowest BCUT2D eigenvalue weighted by Gasteiger charge is -2.14. The average Bonchev–Trinajstić information content (AvgIpc) is 3.44. The lowest BCUT2D eigenvalue weighted by molar-refractivity contribution is 0.414. The van der Waals surface area contributed by atoms with Gasteiger partial charge in [-0.1, -0.05) is 36.4 Å². The summed E-state index contributed by atoms with van der Waals surface area (Å²) in [6.07, 6.45) is 0. The lowest BCUT2D eigenvalue weighted by atomic mass is 10.1. The Morgan fingerprint density at radius 2 is 1.36 bits per heavy atom. The van der Waals surface area contributed by atoms with Crippen LogP contribution in [0.5, 0.6) is 11.5 Å². The van der Waals surface area contributed by atoms with Crippen molar-refractivity contribution in [1.29, 1.82) is 0 Å². The number of ether oxygens (including phenoxy) is 2. The maximum Gasteiger partial charge on any atom is 0.337 e. The third kappa shape index (κ3) is 5.90. The first-order chi connectivity index (χ1) is 21.9. The highest BCUT2D eigenvalue weighted by molar-refractivity contribution is 7.22. The van der Waals surface area contributed by atoms with Crippen molar-refractivity contribution in [2.45, 2.75) is 19.6 Å². The zero-order chi connectivity index (χ0) is 31.5. The Hall–Kier alpha value is -5.06. The number of nitrogens with zero attached hydrogens (tertiary/aromatic N) is 2. The van der Waals surface area contributed by atoms with Crippen molar-refractivity contribution in [3.63, 3.8) is 0 Å². The topological polar surface area (TPSA) is 74.5 Å². The van der Waals surface area contributed by atoms with Gasteiger partial charge < -0.3 is 14.8 Å². The first-order valence-electron chi connectivity index (χ1n) is 14.2. The first-order valence-corrected chi connectivity index (χ1v) is 15.0. The van der Waals surface area contributed by atoms with E-state index < -0.39 is 29.4 Å². The molecule has 2 aromatic heterocycles. The molecule has 0 atom stereocenters. The van der Waals surface area contributed by atoms with Gasteiger partial charge in [-0.15, -0.1) is 11.3 Å². The number of nitrogens with one attached hydrogen (secondary N) is 1. The number of benzene rings is 4. The van der Waals surface area contributed by atoms with Crippen molar-refractivity contribution in [2.75, 3.05) is 14.2 Å². The zero-order valence-corrected chi connectivity index (χ0v) is 25.4. The summed E-state index contributed by atoms with van der Waals surface area (Å²) in [5, 5.41) is 3.73. The first kappa shape index (κ1) is 30.0. The van der Waals surface area contributed by atoms with Crippen LogP contribution >= 0.6 is 11.3 Å². The summed E-state index contributed by atoms with van der Waals surface area (Å²) in [5.74, 6) is -0.356. The van der Waals surface area contributed by atoms with E-state index in [0.29, 0.717) is 46.1 Å². The van der Waals surface area contributed by atoms with E-state index >= 15 is 0 Å². The second kappa shape index (κ2) is 12.9. The predicted octanol–water partition coefficient (Wildman–Crippen LogP) is 6.51. The molecular weight excluding hydrogens is 596 g/mol. The molecule has 0 spiro atoms. The maximum absolute atomic E-state index is 14.9. The number of halogens is 2. The third-order valence-electron chi connectivity index (χ3n) is 7.61.